The highest BCUT2D eigenvalue weighted by Crippen LogP contribution is 2.35. The molecule has 228 valence electrons. The van der Waals surface area contributed by atoms with Crippen molar-refractivity contribution < 1.29 is 14.4 Å². The van der Waals surface area contributed by atoms with Gasteiger partial charge >= 0.3 is 6.03 Å². The lowest BCUT2D eigenvalue weighted by Gasteiger charge is -2.45. The number of fused-ring (bicyclic) bond motifs is 1. The molecule has 4 N–H and O–H groups in total. The van der Waals surface area contributed by atoms with Crippen molar-refractivity contribution in [2.45, 2.75) is 58.3 Å². The lowest BCUT2D eigenvalue weighted by atomic mass is 9.94. The fraction of sp³-hybridized carbons (Fsp3) is 0.438. The molecule has 1 aromatic heterocycles. The number of nitrogens with one attached hydrogen (secondary N) is 2. The lowest BCUT2D eigenvalue weighted by molar-refractivity contribution is 0.0827. The smallest absolute Gasteiger partial charge is 0.321 e. The number of hydrogen-bond acceptors (Lipinski definition) is 6. The number of nitrogens with zero attached hydrogens (tertiary/aromatic N) is 5. The van der Waals surface area contributed by atoms with Gasteiger partial charge in [0.25, 0.3) is 11.8 Å². The molecule has 3 heterocycles. The second kappa shape index (κ2) is 11.7. The Morgan fingerprint density at radius 3 is 2.30 bits per heavy atom. The van der Waals surface area contributed by atoms with E-state index in [2.05, 4.69) is 36.3 Å². The van der Waals surface area contributed by atoms with Crippen molar-refractivity contribution in [2.24, 2.45) is 5.73 Å². The second-order valence-corrected chi connectivity index (χ2v) is 12.6. The average molecular weight is 587 g/mol. The highest BCUT2D eigenvalue weighted by molar-refractivity contribution is 5.95. The number of carbonyl (C=O) groups excluding carboxylic acids is 3. The maximum atomic E-state index is 13.5. The van der Waals surface area contributed by atoms with E-state index in [9.17, 15) is 14.4 Å². The predicted octanol–water partition coefficient (Wildman–Crippen LogP) is 3.78. The molecule has 2 aliphatic heterocycles. The molecule has 0 unspecified atom stereocenters. The van der Waals surface area contributed by atoms with Crippen LogP contribution in [-0.2, 0) is 13.1 Å². The van der Waals surface area contributed by atoms with Crippen LogP contribution < -0.4 is 21.3 Å². The SMILES string of the molecule is CC(C)n1nc(C(=O)NCc2ccc(NC(=O)N3CC(C)(N)C3)cc2)c2c1[C@@H](C)CN(c1ccc(C(=O)N(C)C)cc1)C2. The first-order chi connectivity index (χ1) is 20.3. The molecule has 1 saturated heterocycles. The van der Waals surface area contributed by atoms with E-state index < -0.39 is 0 Å². The molecule has 0 bridgehead atoms. The van der Waals surface area contributed by atoms with Gasteiger partial charge in [0.1, 0.15) is 0 Å². The molecule has 0 saturated carbocycles. The maximum absolute atomic E-state index is 13.5. The molecule has 1 fully saturated rings. The van der Waals surface area contributed by atoms with E-state index in [1.807, 2.05) is 60.1 Å². The van der Waals surface area contributed by atoms with Crippen LogP contribution in [0.15, 0.2) is 48.5 Å². The molecule has 2 aromatic carbocycles. The third-order valence-corrected chi connectivity index (χ3v) is 8.00. The molecule has 0 radical (unpaired) electrons. The van der Waals surface area contributed by atoms with Crippen molar-refractivity contribution in [3.8, 4) is 0 Å². The zero-order valence-electron chi connectivity index (χ0n) is 25.8. The second-order valence-electron chi connectivity index (χ2n) is 12.6. The topological polar surface area (TPSA) is 129 Å². The molecular formula is C32H42N8O3. The minimum atomic E-state index is -0.320. The van der Waals surface area contributed by atoms with Gasteiger partial charge in [-0.2, -0.15) is 5.10 Å². The van der Waals surface area contributed by atoms with Gasteiger partial charge in [-0.15, -0.1) is 0 Å². The molecule has 0 aliphatic carbocycles. The molecule has 11 heteroatoms. The summed E-state index contributed by atoms with van der Waals surface area (Å²) < 4.78 is 1.98. The van der Waals surface area contributed by atoms with Gasteiger partial charge in [-0.05, 0) is 62.7 Å². The molecule has 11 nitrogen and oxygen atoms in total. The Morgan fingerprint density at radius 1 is 1.07 bits per heavy atom. The average Bonchev–Trinajstić information content (AvgIpc) is 3.35. The van der Waals surface area contributed by atoms with E-state index in [0.717, 1.165) is 29.1 Å². The quantitative estimate of drug-likeness (QED) is 0.387. The van der Waals surface area contributed by atoms with Gasteiger partial charge in [-0.1, -0.05) is 19.1 Å². The molecule has 1 atom stereocenters. The van der Waals surface area contributed by atoms with Crippen LogP contribution in [0.5, 0.6) is 0 Å². The number of amides is 4. The van der Waals surface area contributed by atoms with Gasteiger partial charge in [-0.3, -0.25) is 14.3 Å². The van der Waals surface area contributed by atoms with Crippen LogP contribution in [0.1, 0.15) is 77.3 Å². The van der Waals surface area contributed by atoms with Crippen molar-refractivity contribution >= 4 is 29.2 Å². The van der Waals surface area contributed by atoms with Crippen LogP contribution in [0.2, 0.25) is 0 Å². The molecule has 43 heavy (non-hydrogen) atoms. The zero-order valence-corrected chi connectivity index (χ0v) is 25.8. The summed E-state index contributed by atoms with van der Waals surface area (Å²) in [6.07, 6.45) is 0. The normalized spacial score (nSPS) is 17.3. The van der Waals surface area contributed by atoms with E-state index in [1.54, 1.807) is 23.9 Å². The third-order valence-electron chi connectivity index (χ3n) is 8.00. The molecule has 4 amide bonds. The monoisotopic (exact) mass is 586 g/mol. The van der Waals surface area contributed by atoms with E-state index in [1.165, 1.54) is 0 Å². The number of anilines is 2. The third kappa shape index (κ3) is 6.36. The number of hydrogen-bond donors (Lipinski definition) is 3. The standard InChI is InChI=1S/C32H42N8O3/c1-20(2)40-28-21(3)16-38(25-13-9-23(10-14-25)30(42)37(5)6)17-26(28)27(36-40)29(41)34-15-22-7-11-24(12-8-22)35-31(43)39-18-32(4,33)19-39/h7-14,20-21H,15-19,33H2,1-6H3,(H,34,41)(H,35,43)/t21-/m0/s1. The van der Waals surface area contributed by atoms with Crippen LogP contribution in [0.4, 0.5) is 16.2 Å². The summed E-state index contributed by atoms with van der Waals surface area (Å²) in [6.45, 7) is 10.9. The van der Waals surface area contributed by atoms with Gasteiger partial charge in [0.15, 0.2) is 5.69 Å². The summed E-state index contributed by atoms with van der Waals surface area (Å²) >= 11 is 0. The zero-order chi connectivity index (χ0) is 31.1. The first-order valence-corrected chi connectivity index (χ1v) is 14.7. The Bertz CT molecular complexity index is 1500. The number of carbonyl (C=O) groups is 3. The largest absolute Gasteiger partial charge is 0.366 e. The molecule has 5 rings (SSSR count). The Balaban J connectivity index is 1.27. The Kier molecular flexibility index (Phi) is 8.20. The van der Waals surface area contributed by atoms with Gasteiger partial charge in [0.05, 0.1) is 0 Å². The Morgan fingerprint density at radius 2 is 1.72 bits per heavy atom. The number of likely N-dealkylation sites (tertiary alicyclic amines) is 1. The fourth-order valence-corrected chi connectivity index (χ4v) is 5.82. The predicted molar refractivity (Wildman–Crippen MR) is 167 cm³/mol. The van der Waals surface area contributed by atoms with Gasteiger partial charge < -0.3 is 31.1 Å². The van der Waals surface area contributed by atoms with Crippen LogP contribution in [0.25, 0.3) is 0 Å². The first kappa shape index (κ1) is 30.1. The van der Waals surface area contributed by atoms with Crippen molar-refractivity contribution in [1.29, 1.82) is 0 Å². The number of rotatable bonds is 7. The summed E-state index contributed by atoms with van der Waals surface area (Å²) in [6, 6.07) is 15.0. The van der Waals surface area contributed by atoms with Crippen molar-refractivity contribution in [2.75, 3.05) is 43.9 Å². The van der Waals surface area contributed by atoms with Gasteiger partial charge in [0, 0.05) is 92.5 Å². The summed E-state index contributed by atoms with van der Waals surface area (Å²) in [5.74, 6) is -0.110. The number of nitrogens with two attached hydrogens (primary N) is 1. The Hall–Kier alpha value is -4.38. The highest BCUT2D eigenvalue weighted by atomic mass is 16.2. The summed E-state index contributed by atoms with van der Waals surface area (Å²) in [4.78, 5) is 43.7. The lowest BCUT2D eigenvalue weighted by Crippen LogP contribution is -2.67. The van der Waals surface area contributed by atoms with Crippen LogP contribution in [0.3, 0.4) is 0 Å². The molecule has 3 aromatic rings. The maximum Gasteiger partial charge on any atom is 0.321 e. The van der Waals surface area contributed by atoms with Crippen molar-refractivity contribution in [3.63, 3.8) is 0 Å². The van der Waals surface area contributed by atoms with E-state index in [0.29, 0.717) is 43.1 Å². The van der Waals surface area contributed by atoms with E-state index in [4.69, 9.17) is 10.8 Å². The van der Waals surface area contributed by atoms with Crippen molar-refractivity contribution in [3.05, 3.63) is 76.6 Å². The number of benzene rings is 2. The molecular weight excluding hydrogens is 544 g/mol. The van der Waals surface area contributed by atoms with Gasteiger partial charge in [-0.25, -0.2) is 4.79 Å². The number of urea groups is 1. The van der Waals surface area contributed by atoms with Crippen LogP contribution in [-0.4, -0.2) is 76.7 Å². The van der Waals surface area contributed by atoms with Crippen molar-refractivity contribution in [1.82, 2.24) is 24.9 Å². The highest BCUT2D eigenvalue weighted by Gasteiger charge is 2.38. The van der Waals surface area contributed by atoms with Crippen LogP contribution in [0, 0.1) is 0 Å². The number of aromatic nitrogens is 2. The van der Waals surface area contributed by atoms with Crippen LogP contribution >= 0.6 is 0 Å². The van der Waals surface area contributed by atoms with Gasteiger partial charge in [0.2, 0.25) is 0 Å². The first-order valence-electron chi connectivity index (χ1n) is 14.7. The summed E-state index contributed by atoms with van der Waals surface area (Å²) in [7, 11) is 3.48. The summed E-state index contributed by atoms with van der Waals surface area (Å²) in [5, 5.41) is 10.7. The Labute approximate surface area is 253 Å². The molecule has 0 spiro atoms. The van der Waals surface area contributed by atoms with E-state index in [-0.39, 0.29) is 35.3 Å². The fourth-order valence-electron chi connectivity index (χ4n) is 5.82. The minimum absolute atomic E-state index is 0.0382. The molecule has 2 aliphatic rings. The minimum Gasteiger partial charge on any atom is -0.366 e. The van der Waals surface area contributed by atoms with E-state index >= 15 is 0 Å². The summed E-state index contributed by atoms with van der Waals surface area (Å²) in [5.41, 5.74) is 11.4.